The molecule has 0 spiro atoms. The third kappa shape index (κ3) is 3.30. The monoisotopic (exact) mass is 272 g/mol. The zero-order valence-electron chi connectivity index (χ0n) is 11.4. The minimum absolute atomic E-state index is 0.177. The van der Waals surface area contributed by atoms with Crippen molar-refractivity contribution in [2.24, 2.45) is 5.73 Å². The number of ether oxygens (including phenoxy) is 1. The highest BCUT2D eigenvalue weighted by Crippen LogP contribution is 2.13. The molecule has 0 saturated heterocycles. The Morgan fingerprint density at radius 2 is 2.15 bits per heavy atom. The van der Waals surface area contributed by atoms with Crippen molar-refractivity contribution < 1.29 is 9.53 Å². The van der Waals surface area contributed by atoms with Crippen LogP contribution in [0.2, 0.25) is 0 Å². The predicted molar refractivity (Wildman–Crippen MR) is 75.6 cm³/mol. The first kappa shape index (κ1) is 14.0. The average molecular weight is 272 g/mol. The van der Waals surface area contributed by atoms with E-state index in [0.717, 1.165) is 5.56 Å². The summed E-state index contributed by atoms with van der Waals surface area (Å²) >= 11 is 0. The first-order chi connectivity index (χ1) is 9.62. The number of amides is 1. The van der Waals surface area contributed by atoms with Crippen molar-refractivity contribution in [1.29, 1.82) is 0 Å². The molecule has 0 unspecified atom stereocenters. The summed E-state index contributed by atoms with van der Waals surface area (Å²) in [4.78, 5) is 20.3. The van der Waals surface area contributed by atoms with Crippen molar-refractivity contribution in [2.75, 3.05) is 12.4 Å². The van der Waals surface area contributed by atoms with Crippen molar-refractivity contribution in [3.8, 4) is 5.88 Å². The van der Waals surface area contributed by atoms with Gasteiger partial charge in [-0.2, -0.15) is 4.98 Å². The molecular formula is C14H16N4O2. The van der Waals surface area contributed by atoms with E-state index in [1.54, 1.807) is 18.2 Å². The van der Waals surface area contributed by atoms with Gasteiger partial charge in [-0.3, -0.25) is 10.1 Å². The number of rotatable bonds is 4. The highest BCUT2D eigenvalue weighted by atomic mass is 16.5. The van der Waals surface area contributed by atoms with Gasteiger partial charge in [-0.1, -0.05) is 17.7 Å². The Labute approximate surface area is 117 Å². The van der Waals surface area contributed by atoms with Gasteiger partial charge in [-0.25, -0.2) is 4.98 Å². The Balaban J connectivity index is 2.23. The van der Waals surface area contributed by atoms with Crippen molar-refractivity contribution in [2.45, 2.75) is 13.5 Å². The van der Waals surface area contributed by atoms with Gasteiger partial charge in [0, 0.05) is 18.2 Å². The highest BCUT2D eigenvalue weighted by molar-refractivity contribution is 6.03. The fourth-order valence-electron chi connectivity index (χ4n) is 1.70. The minimum Gasteiger partial charge on any atom is -0.481 e. The van der Waals surface area contributed by atoms with Gasteiger partial charge in [0.25, 0.3) is 5.91 Å². The number of hydrogen-bond donors (Lipinski definition) is 2. The van der Waals surface area contributed by atoms with Gasteiger partial charge in [0.05, 0.1) is 12.8 Å². The fraction of sp³-hybridized carbons (Fsp3) is 0.214. The maximum Gasteiger partial charge on any atom is 0.258 e. The highest BCUT2D eigenvalue weighted by Gasteiger charge is 2.10. The molecule has 0 fully saturated rings. The zero-order chi connectivity index (χ0) is 14.5. The maximum absolute atomic E-state index is 12.1. The smallest absolute Gasteiger partial charge is 0.258 e. The van der Waals surface area contributed by atoms with E-state index in [0.29, 0.717) is 17.1 Å². The summed E-state index contributed by atoms with van der Waals surface area (Å²) in [6.45, 7) is 2.16. The molecule has 1 amide bonds. The van der Waals surface area contributed by atoms with Crippen LogP contribution in [0.5, 0.6) is 5.88 Å². The maximum atomic E-state index is 12.1. The Kier molecular flexibility index (Phi) is 4.27. The lowest BCUT2D eigenvalue weighted by molar-refractivity contribution is 0.102. The molecule has 1 heterocycles. The summed E-state index contributed by atoms with van der Waals surface area (Å²) in [6.07, 6.45) is 0. The van der Waals surface area contributed by atoms with Gasteiger partial charge < -0.3 is 10.5 Å². The Hall–Kier alpha value is -2.47. The molecule has 0 radical (unpaired) electrons. The summed E-state index contributed by atoms with van der Waals surface area (Å²) in [7, 11) is 1.49. The molecule has 2 rings (SSSR count). The summed E-state index contributed by atoms with van der Waals surface area (Å²) in [5.41, 5.74) is 7.69. The number of hydrogen-bond acceptors (Lipinski definition) is 5. The molecule has 104 valence electrons. The van der Waals surface area contributed by atoms with E-state index in [2.05, 4.69) is 15.3 Å². The van der Waals surface area contributed by atoms with Crippen LogP contribution in [0.1, 0.15) is 21.6 Å². The van der Waals surface area contributed by atoms with Crippen LogP contribution in [-0.4, -0.2) is 23.0 Å². The number of nitrogens with two attached hydrogens (primary N) is 1. The number of benzene rings is 1. The molecule has 2 aromatic rings. The van der Waals surface area contributed by atoms with Crippen LogP contribution in [0.3, 0.4) is 0 Å². The van der Waals surface area contributed by atoms with Gasteiger partial charge in [0.2, 0.25) is 11.8 Å². The van der Waals surface area contributed by atoms with Crippen LogP contribution in [0, 0.1) is 6.92 Å². The molecule has 1 aromatic carbocycles. The van der Waals surface area contributed by atoms with Crippen molar-refractivity contribution in [3.05, 3.63) is 47.2 Å². The molecule has 6 nitrogen and oxygen atoms in total. The quantitative estimate of drug-likeness (QED) is 0.880. The van der Waals surface area contributed by atoms with Crippen LogP contribution in [-0.2, 0) is 6.54 Å². The Morgan fingerprint density at radius 3 is 2.80 bits per heavy atom. The van der Waals surface area contributed by atoms with Crippen LogP contribution >= 0.6 is 0 Å². The van der Waals surface area contributed by atoms with E-state index >= 15 is 0 Å². The van der Waals surface area contributed by atoms with Gasteiger partial charge in [0.1, 0.15) is 0 Å². The number of aryl methyl sites for hydroxylation is 1. The number of methoxy groups -OCH3 is 1. The van der Waals surface area contributed by atoms with E-state index in [9.17, 15) is 4.79 Å². The van der Waals surface area contributed by atoms with Gasteiger partial charge in [-0.15, -0.1) is 0 Å². The third-order valence-electron chi connectivity index (χ3n) is 2.68. The predicted octanol–water partition coefficient (Wildman–Crippen LogP) is 1.50. The van der Waals surface area contributed by atoms with Crippen LogP contribution in [0.4, 0.5) is 5.95 Å². The summed E-state index contributed by atoms with van der Waals surface area (Å²) in [6, 6.07) is 8.89. The SMILES string of the molecule is COc1cc(CN)nc(NC(=O)c2cccc(C)c2)n1. The van der Waals surface area contributed by atoms with Crippen molar-refractivity contribution >= 4 is 11.9 Å². The average Bonchev–Trinajstić information content (AvgIpc) is 2.46. The van der Waals surface area contributed by atoms with E-state index in [1.165, 1.54) is 7.11 Å². The molecule has 1 aromatic heterocycles. The van der Waals surface area contributed by atoms with E-state index < -0.39 is 0 Å². The number of carbonyl (C=O) groups excluding carboxylic acids is 1. The fourth-order valence-corrected chi connectivity index (χ4v) is 1.70. The van der Waals surface area contributed by atoms with Crippen molar-refractivity contribution in [1.82, 2.24) is 9.97 Å². The number of anilines is 1. The molecule has 6 heteroatoms. The molecule has 0 aliphatic heterocycles. The Bertz CT molecular complexity index is 606. The molecule has 0 saturated carbocycles. The van der Waals surface area contributed by atoms with E-state index in [-0.39, 0.29) is 18.4 Å². The lowest BCUT2D eigenvalue weighted by Crippen LogP contribution is -2.15. The van der Waals surface area contributed by atoms with E-state index in [1.807, 2.05) is 19.1 Å². The topological polar surface area (TPSA) is 90.1 Å². The van der Waals surface area contributed by atoms with Crippen LogP contribution in [0.15, 0.2) is 30.3 Å². The number of nitrogens with zero attached hydrogens (tertiary/aromatic N) is 2. The first-order valence-electron chi connectivity index (χ1n) is 6.12. The van der Waals surface area contributed by atoms with Gasteiger partial charge >= 0.3 is 0 Å². The molecule has 0 atom stereocenters. The number of aromatic nitrogens is 2. The summed E-state index contributed by atoms with van der Waals surface area (Å²) in [5, 5.41) is 2.64. The second-order valence-corrected chi connectivity index (χ2v) is 4.25. The minimum atomic E-state index is -0.273. The van der Waals surface area contributed by atoms with Crippen molar-refractivity contribution in [3.63, 3.8) is 0 Å². The van der Waals surface area contributed by atoms with E-state index in [4.69, 9.17) is 10.5 Å². The summed E-state index contributed by atoms with van der Waals surface area (Å²) in [5.74, 6) is 0.265. The van der Waals surface area contributed by atoms with Gasteiger partial charge in [0.15, 0.2) is 0 Å². The molecule has 0 aliphatic rings. The number of carbonyl (C=O) groups is 1. The normalized spacial score (nSPS) is 10.2. The van der Waals surface area contributed by atoms with Crippen LogP contribution in [0.25, 0.3) is 0 Å². The molecule has 3 N–H and O–H groups in total. The second-order valence-electron chi connectivity index (χ2n) is 4.25. The Morgan fingerprint density at radius 1 is 1.35 bits per heavy atom. The van der Waals surface area contributed by atoms with Gasteiger partial charge in [-0.05, 0) is 19.1 Å². The second kappa shape index (κ2) is 6.12. The zero-order valence-corrected chi connectivity index (χ0v) is 11.4. The lowest BCUT2D eigenvalue weighted by Gasteiger charge is -2.07. The number of nitrogens with one attached hydrogen (secondary N) is 1. The first-order valence-corrected chi connectivity index (χ1v) is 6.12. The molecule has 0 bridgehead atoms. The third-order valence-corrected chi connectivity index (χ3v) is 2.68. The summed E-state index contributed by atoms with van der Waals surface area (Å²) < 4.78 is 5.05. The molecular weight excluding hydrogens is 256 g/mol. The lowest BCUT2D eigenvalue weighted by atomic mass is 10.1. The largest absolute Gasteiger partial charge is 0.481 e. The molecule has 0 aliphatic carbocycles. The van der Waals surface area contributed by atoms with Crippen LogP contribution < -0.4 is 15.8 Å². The molecule has 20 heavy (non-hydrogen) atoms. The standard InChI is InChI=1S/C14H16N4O2/c1-9-4-3-5-10(6-9)13(19)18-14-16-11(8-15)7-12(17-14)20-2/h3-7H,8,15H2,1-2H3,(H,16,17,18,19).